The highest BCUT2D eigenvalue weighted by Gasteiger charge is 2.02. The van der Waals surface area contributed by atoms with Crippen LogP contribution in [0.3, 0.4) is 0 Å². The summed E-state index contributed by atoms with van der Waals surface area (Å²) in [6, 6.07) is 8.80. The highest BCUT2D eigenvalue weighted by Crippen LogP contribution is 2.15. The van der Waals surface area contributed by atoms with Crippen molar-refractivity contribution >= 4 is 12.6 Å². The number of hydrogen-bond acceptors (Lipinski definition) is 2. The third-order valence-electron chi connectivity index (χ3n) is 1.75. The van der Waals surface area contributed by atoms with Crippen LogP contribution in [0.4, 0.5) is 0 Å². The second-order valence-corrected chi connectivity index (χ2v) is 2.59. The summed E-state index contributed by atoms with van der Waals surface area (Å²) >= 11 is 0. The van der Waals surface area contributed by atoms with Crippen LogP contribution in [0.1, 0.15) is 11.1 Å². The van der Waals surface area contributed by atoms with E-state index in [-0.39, 0.29) is 12.6 Å². The van der Waals surface area contributed by atoms with Crippen LogP contribution in [0.5, 0.6) is 0 Å². The normalized spacial score (nSPS) is 11.3. The molecule has 2 bridgehead atoms. The maximum Gasteiger partial charge on any atom is 0.182 e. The van der Waals surface area contributed by atoms with Gasteiger partial charge in [0.1, 0.15) is 0 Å². The van der Waals surface area contributed by atoms with Crippen LogP contribution < -0.4 is 0 Å². The summed E-state index contributed by atoms with van der Waals surface area (Å²) < 4.78 is 0. The molecule has 0 aliphatic heterocycles. The molecule has 1 aromatic carbocycles. The molecule has 1 aromatic rings. The number of hydrogen-bond donors (Lipinski definition) is 0. The van der Waals surface area contributed by atoms with Crippen LogP contribution in [-0.4, -0.2) is 12.6 Å². The van der Waals surface area contributed by atoms with Gasteiger partial charge < -0.3 is 0 Å². The minimum absolute atomic E-state index is 0.194. The summed E-state index contributed by atoms with van der Waals surface area (Å²) in [6.07, 6.45) is 2.92. The van der Waals surface area contributed by atoms with Crippen molar-refractivity contribution in [3.8, 4) is 0 Å². The molecule has 0 saturated carbocycles. The number of carbonyl (C=O) groups excluding carboxylic acids is 2. The van der Waals surface area contributed by atoms with Gasteiger partial charge in [-0.15, -0.1) is 0 Å². The number of carbonyl (C=O) groups is 2. The van der Waals surface area contributed by atoms with Gasteiger partial charge >= 0.3 is 0 Å². The number of fused-ring (bicyclic) bond motifs is 2. The van der Waals surface area contributed by atoms with Crippen LogP contribution in [0.2, 0.25) is 0 Å². The van der Waals surface area contributed by atoms with E-state index in [1.54, 1.807) is 0 Å². The molecule has 1 aliphatic rings. The van der Waals surface area contributed by atoms with Gasteiger partial charge in [0.25, 0.3) is 0 Å². The second-order valence-electron chi connectivity index (χ2n) is 2.59. The Morgan fingerprint density at radius 2 is 1.50 bits per heavy atom. The zero-order valence-electron chi connectivity index (χ0n) is 6.69. The molecule has 0 saturated heterocycles. The predicted molar refractivity (Wildman–Crippen MR) is 46.0 cm³/mol. The van der Waals surface area contributed by atoms with E-state index in [1.807, 2.05) is 0 Å². The zero-order valence-corrected chi connectivity index (χ0v) is 6.69. The number of benzene rings is 1. The minimum atomic E-state index is 0.194. The van der Waals surface area contributed by atoms with Crippen LogP contribution in [0.15, 0.2) is 24.3 Å². The molecular weight excluding hydrogens is 152 g/mol. The molecule has 0 heterocycles. The molecule has 0 N–H and O–H groups in total. The van der Waals surface area contributed by atoms with Gasteiger partial charge in [-0.2, -0.15) is 0 Å². The molecular formula is C10H10O2. The topological polar surface area (TPSA) is 34.1 Å². The molecule has 1 aliphatic carbocycles. The predicted octanol–water partition coefficient (Wildman–Crippen LogP) is 1.17. The Morgan fingerprint density at radius 3 is 1.83 bits per heavy atom. The van der Waals surface area contributed by atoms with Gasteiger partial charge in [0.05, 0.1) is 0 Å². The van der Waals surface area contributed by atoms with Crippen molar-refractivity contribution in [3.05, 3.63) is 35.4 Å². The van der Waals surface area contributed by atoms with Gasteiger partial charge in [-0.05, 0) is 24.0 Å². The summed E-state index contributed by atoms with van der Waals surface area (Å²) in [5.41, 5.74) is 3.00. The largest absolute Gasteiger partial charge is 0.295 e. The Bertz CT molecular complexity index is 254. The van der Waals surface area contributed by atoms with Gasteiger partial charge in [0.15, 0.2) is 12.6 Å². The van der Waals surface area contributed by atoms with E-state index >= 15 is 0 Å². The Balaban J connectivity index is 0.000000157. The Labute approximate surface area is 71.2 Å². The molecule has 0 radical (unpaired) electrons. The number of aryl methyl sites for hydroxylation is 2. The van der Waals surface area contributed by atoms with Crippen molar-refractivity contribution in [3.63, 3.8) is 0 Å². The first-order chi connectivity index (χ1) is 5.86. The first-order valence-corrected chi connectivity index (χ1v) is 3.83. The Hall–Kier alpha value is -1.44. The zero-order chi connectivity index (χ0) is 8.81. The average Bonchev–Trinajstić information content (AvgIpc) is 2.46. The van der Waals surface area contributed by atoms with E-state index in [1.165, 1.54) is 24.0 Å². The lowest BCUT2D eigenvalue weighted by Gasteiger charge is -1.82. The molecule has 12 heavy (non-hydrogen) atoms. The smallest absolute Gasteiger partial charge is 0.182 e. The fourth-order valence-electron chi connectivity index (χ4n) is 1.23. The summed E-state index contributed by atoms with van der Waals surface area (Å²) in [5, 5.41) is 0. The molecule has 0 fully saturated rings. The van der Waals surface area contributed by atoms with Gasteiger partial charge in [0.2, 0.25) is 0 Å². The number of aldehydes is 2. The quantitative estimate of drug-likeness (QED) is 0.459. The van der Waals surface area contributed by atoms with Crippen LogP contribution >= 0.6 is 0 Å². The molecule has 2 nitrogen and oxygen atoms in total. The first-order valence-electron chi connectivity index (χ1n) is 3.83. The van der Waals surface area contributed by atoms with Crippen LogP contribution in [-0.2, 0) is 22.4 Å². The third-order valence-corrected chi connectivity index (χ3v) is 1.75. The van der Waals surface area contributed by atoms with Crippen LogP contribution in [0, 0.1) is 0 Å². The van der Waals surface area contributed by atoms with Crippen molar-refractivity contribution in [2.75, 3.05) is 0 Å². The monoisotopic (exact) mass is 162 g/mol. The summed E-state index contributed by atoms with van der Waals surface area (Å²) in [4.78, 5) is 17.6. The lowest BCUT2D eigenvalue weighted by atomic mass is 10.2. The van der Waals surface area contributed by atoms with Crippen molar-refractivity contribution < 1.29 is 9.59 Å². The standard InChI is InChI=1S/C8H8.C2H2O2/c1-2-7-4-5-8(3-1)6-7;3-1-2-4/h1-3,6H,4-5H2;1-2H. The molecule has 0 amide bonds. The van der Waals surface area contributed by atoms with E-state index < -0.39 is 0 Å². The molecule has 0 atom stereocenters. The van der Waals surface area contributed by atoms with E-state index in [0.29, 0.717) is 0 Å². The minimum Gasteiger partial charge on any atom is -0.295 e. The summed E-state index contributed by atoms with van der Waals surface area (Å²) in [5.74, 6) is 0. The Morgan fingerprint density at radius 1 is 1.00 bits per heavy atom. The van der Waals surface area contributed by atoms with Crippen LogP contribution in [0.25, 0.3) is 0 Å². The van der Waals surface area contributed by atoms with E-state index in [0.717, 1.165) is 0 Å². The fraction of sp³-hybridized carbons (Fsp3) is 0.200. The third kappa shape index (κ3) is 2.31. The molecule has 0 aromatic heterocycles. The molecule has 0 unspecified atom stereocenters. The van der Waals surface area contributed by atoms with Gasteiger partial charge in [0, 0.05) is 0 Å². The summed E-state index contributed by atoms with van der Waals surface area (Å²) in [7, 11) is 0. The van der Waals surface area contributed by atoms with Crippen molar-refractivity contribution in [2.45, 2.75) is 12.8 Å². The van der Waals surface area contributed by atoms with Gasteiger partial charge in [-0.3, -0.25) is 9.59 Å². The molecule has 0 spiro atoms. The van der Waals surface area contributed by atoms with Crippen molar-refractivity contribution in [1.29, 1.82) is 0 Å². The lowest BCUT2D eigenvalue weighted by Crippen LogP contribution is -1.72. The fourth-order valence-corrected chi connectivity index (χ4v) is 1.23. The first kappa shape index (κ1) is 8.65. The average molecular weight is 162 g/mol. The van der Waals surface area contributed by atoms with Crippen molar-refractivity contribution in [2.24, 2.45) is 0 Å². The lowest BCUT2D eigenvalue weighted by molar-refractivity contribution is -0.122. The highest BCUT2D eigenvalue weighted by molar-refractivity contribution is 6.09. The van der Waals surface area contributed by atoms with E-state index in [9.17, 15) is 0 Å². The molecule has 62 valence electrons. The highest BCUT2D eigenvalue weighted by atomic mass is 16.2. The van der Waals surface area contributed by atoms with Crippen molar-refractivity contribution in [1.82, 2.24) is 0 Å². The van der Waals surface area contributed by atoms with Gasteiger partial charge in [-0.1, -0.05) is 24.3 Å². The number of rotatable bonds is 1. The van der Waals surface area contributed by atoms with E-state index in [4.69, 9.17) is 9.59 Å². The molecule has 2 heteroatoms. The second kappa shape index (κ2) is 4.44. The maximum absolute atomic E-state index is 8.81. The SMILES string of the molecule is O=CC=O.c1cc2cc(c1)CC2. The Kier molecular flexibility index (Phi) is 3.20. The van der Waals surface area contributed by atoms with Gasteiger partial charge in [-0.25, -0.2) is 0 Å². The summed E-state index contributed by atoms with van der Waals surface area (Å²) in [6.45, 7) is 0. The molecule has 2 rings (SSSR count). The maximum atomic E-state index is 8.81. The van der Waals surface area contributed by atoms with E-state index in [2.05, 4.69) is 24.3 Å².